The summed E-state index contributed by atoms with van der Waals surface area (Å²) >= 11 is 8.35. The van der Waals surface area contributed by atoms with Crippen molar-refractivity contribution in [2.45, 2.75) is 37.3 Å². The van der Waals surface area contributed by atoms with Gasteiger partial charge in [0.2, 0.25) is 5.91 Å². The largest absolute Gasteiger partial charge is 0.388 e. The molecule has 2 amide bonds. The maximum absolute atomic E-state index is 14.0. The van der Waals surface area contributed by atoms with Crippen LogP contribution in [0.3, 0.4) is 0 Å². The molecule has 2 saturated heterocycles. The van der Waals surface area contributed by atoms with Crippen LogP contribution in [0.2, 0.25) is 0 Å². The molecule has 1 N–H and O–H groups in total. The lowest BCUT2D eigenvalue weighted by atomic mass is 9.79. The minimum atomic E-state index is -1.11. The molecule has 42 heavy (non-hydrogen) atoms. The molecule has 0 radical (unpaired) electrons. The molecule has 0 bridgehead atoms. The van der Waals surface area contributed by atoms with Crippen LogP contribution in [0.5, 0.6) is 0 Å². The van der Waals surface area contributed by atoms with Crippen LogP contribution in [0.25, 0.3) is 11.0 Å². The van der Waals surface area contributed by atoms with E-state index in [1.807, 2.05) is 53.2 Å². The Morgan fingerprint density at radius 3 is 2.52 bits per heavy atom. The number of thiophene rings is 1. The van der Waals surface area contributed by atoms with Crippen LogP contribution in [0.4, 0.5) is 0 Å². The van der Waals surface area contributed by atoms with Crippen LogP contribution >= 0.6 is 43.2 Å². The van der Waals surface area contributed by atoms with Crippen molar-refractivity contribution >= 4 is 66.0 Å². The average Bonchev–Trinajstić information content (AvgIpc) is 3.55. The van der Waals surface area contributed by atoms with Crippen LogP contribution in [0.1, 0.15) is 40.4 Å². The second-order valence-corrected chi connectivity index (χ2v) is 14.5. The highest BCUT2D eigenvalue weighted by molar-refractivity contribution is 9.13. The van der Waals surface area contributed by atoms with Crippen LogP contribution in [-0.4, -0.2) is 72.6 Å². The lowest BCUT2D eigenvalue weighted by Gasteiger charge is -2.43. The third-order valence-electron chi connectivity index (χ3n) is 8.62. The third-order valence-corrected chi connectivity index (χ3v) is 11.9. The van der Waals surface area contributed by atoms with Gasteiger partial charge in [0.15, 0.2) is 0 Å². The predicted octanol–water partition coefficient (Wildman–Crippen LogP) is 4.62. The van der Waals surface area contributed by atoms with Crippen molar-refractivity contribution in [3.8, 4) is 0 Å². The molecular weight excluding hydrogens is 686 g/mol. The maximum atomic E-state index is 14.0. The Hall–Kier alpha value is -2.80. The van der Waals surface area contributed by atoms with Gasteiger partial charge in [-0.05, 0) is 68.8 Å². The highest BCUT2D eigenvalue weighted by Crippen LogP contribution is 2.38. The number of amides is 2. The molecule has 3 aromatic heterocycles. The topological polar surface area (TPSA) is 101 Å². The zero-order valence-electron chi connectivity index (χ0n) is 23.1. The summed E-state index contributed by atoms with van der Waals surface area (Å²) in [6, 6.07) is 13.5. The van der Waals surface area contributed by atoms with E-state index in [1.165, 1.54) is 22.2 Å². The van der Waals surface area contributed by atoms with E-state index in [1.54, 1.807) is 16.8 Å². The highest BCUT2D eigenvalue weighted by Gasteiger charge is 2.42. The summed E-state index contributed by atoms with van der Waals surface area (Å²) in [5.74, 6) is -0.369. The number of hydrogen-bond acceptors (Lipinski definition) is 6. The molecule has 0 aliphatic carbocycles. The minimum Gasteiger partial charge on any atom is -0.388 e. The molecule has 2 atom stereocenters. The van der Waals surface area contributed by atoms with Gasteiger partial charge in [-0.1, -0.05) is 30.3 Å². The molecule has 6 rings (SSSR count). The van der Waals surface area contributed by atoms with Crippen LogP contribution in [-0.2, 0) is 18.4 Å². The Labute approximate surface area is 264 Å². The number of fused-ring (bicyclic) bond motifs is 1. The molecule has 4 aromatic rings. The number of rotatable bonds is 5. The van der Waals surface area contributed by atoms with Crippen molar-refractivity contribution in [2.24, 2.45) is 13.0 Å². The maximum Gasteiger partial charge on any atom is 0.264 e. The van der Waals surface area contributed by atoms with E-state index < -0.39 is 5.60 Å². The summed E-state index contributed by atoms with van der Waals surface area (Å²) < 4.78 is 5.00. The first-order valence-corrected chi connectivity index (χ1v) is 16.3. The Bertz CT molecular complexity index is 1670. The molecule has 0 spiro atoms. The number of benzene rings is 1. The Morgan fingerprint density at radius 1 is 1.10 bits per heavy atom. The number of carbonyl (C=O) groups excluding carboxylic acids is 2. The number of nitrogens with zero attached hydrogens (tertiary/aromatic N) is 5. The van der Waals surface area contributed by atoms with E-state index in [0.29, 0.717) is 61.4 Å². The first kappa shape index (κ1) is 29.3. The molecule has 9 nitrogen and oxygen atoms in total. The number of piperidine rings is 2. The van der Waals surface area contributed by atoms with Gasteiger partial charge in [-0.3, -0.25) is 19.0 Å². The molecular formula is C30H31Br2N5O4S. The number of aliphatic hydroxyl groups is 1. The summed E-state index contributed by atoms with van der Waals surface area (Å²) in [4.78, 5) is 49.1. The van der Waals surface area contributed by atoms with Crippen LogP contribution < -0.4 is 5.56 Å². The first-order chi connectivity index (χ1) is 20.1. The smallest absolute Gasteiger partial charge is 0.264 e. The quantitative estimate of drug-likeness (QED) is 0.325. The van der Waals surface area contributed by atoms with Crippen molar-refractivity contribution in [1.82, 2.24) is 23.9 Å². The minimum absolute atomic E-state index is 0.0281. The molecule has 2 aliphatic rings. The summed E-state index contributed by atoms with van der Waals surface area (Å²) in [6.07, 6.45) is 4.59. The fourth-order valence-corrected chi connectivity index (χ4v) is 8.23. The lowest BCUT2D eigenvalue weighted by Crippen LogP contribution is -2.53. The highest BCUT2D eigenvalue weighted by atomic mass is 79.9. The number of hydrogen-bond donors (Lipinski definition) is 1. The van der Waals surface area contributed by atoms with Gasteiger partial charge in [-0.25, -0.2) is 4.98 Å². The summed E-state index contributed by atoms with van der Waals surface area (Å²) in [5.41, 5.74) is 0.365. The van der Waals surface area contributed by atoms with Crippen molar-refractivity contribution in [2.75, 3.05) is 26.2 Å². The number of carbonyl (C=O) groups is 2. The fourth-order valence-electron chi connectivity index (χ4n) is 6.22. The zero-order valence-corrected chi connectivity index (χ0v) is 27.1. The predicted molar refractivity (Wildman–Crippen MR) is 169 cm³/mol. The van der Waals surface area contributed by atoms with Crippen molar-refractivity contribution < 1.29 is 14.7 Å². The third kappa shape index (κ3) is 5.61. The molecule has 5 heterocycles. The lowest BCUT2D eigenvalue weighted by molar-refractivity contribution is -0.142. The van der Waals surface area contributed by atoms with Gasteiger partial charge in [0.05, 0.1) is 26.2 Å². The van der Waals surface area contributed by atoms with Gasteiger partial charge in [0.1, 0.15) is 12.0 Å². The van der Waals surface area contributed by atoms with E-state index in [2.05, 4.69) is 36.8 Å². The monoisotopic (exact) mass is 715 g/mol. The summed E-state index contributed by atoms with van der Waals surface area (Å²) in [5, 5.41) is 11.9. The molecule has 0 saturated carbocycles. The van der Waals surface area contributed by atoms with Crippen molar-refractivity contribution in [3.63, 3.8) is 0 Å². The van der Waals surface area contributed by atoms with Crippen molar-refractivity contribution in [1.29, 1.82) is 0 Å². The Kier molecular flexibility index (Phi) is 8.16. The second-order valence-electron chi connectivity index (χ2n) is 11.3. The van der Waals surface area contributed by atoms with E-state index in [9.17, 15) is 19.5 Å². The van der Waals surface area contributed by atoms with Crippen LogP contribution in [0, 0.1) is 5.92 Å². The van der Waals surface area contributed by atoms with Gasteiger partial charge in [0, 0.05) is 55.7 Å². The molecule has 1 aromatic carbocycles. The van der Waals surface area contributed by atoms with Gasteiger partial charge in [0.25, 0.3) is 11.5 Å². The first-order valence-electron chi connectivity index (χ1n) is 13.9. The van der Waals surface area contributed by atoms with Gasteiger partial charge >= 0.3 is 0 Å². The number of likely N-dealkylation sites (tertiary alicyclic amines) is 2. The number of halogens is 2. The van der Waals surface area contributed by atoms with E-state index in [-0.39, 0.29) is 35.8 Å². The van der Waals surface area contributed by atoms with Gasteiger partial charge < -0.3 is 19.5 Å². The Balaban J connectivity index is 1.15. The molecule has 220 valence electrons. The molecule has 2 fully saturated rings. The number of aromatic nitrogens is 3. The van der Waals surface area contributed by atoms with Crippen molar-refractivity contribution in [3.05, 3.63) is 84.0 Å². The fraction of sp³-hybridized carbons (Fsp3) is 0.400. The zero-order chi connectivity index (χ0) is 29.6. The SMILES string of the molecule is Cn1ccc2c(=O)n(CC3(O)CCN(C(=O)[C@@H]4CCN(C(=O)c5cc(Br)c(Br)s5)C[C@H]4c4ccccc4)CC3)cnc21. The summed E-state index contributed by atoms with van der Waals surface area (Å²) in [7, 11) is 1.84. The van der Waals surface area contributed by atoms with E-state index in [0.717, 1.165) is 13.8 Å². The van der Waals surface area contributed by atoms with Gasteiger partial charge in [-0.2, -0.15) is 0 Å². The van der Waals surface area contributed by atoms with Crippen LogP contribution in [0.15, 0.2) is 68.0 Å². The summed E-state index contributed by atoms with van der Waals surface area (Å²) in [6.45, 7) is 1.91. The number of aryl methyl sites for hydroxylation is 1. The normalized spacial score (nSPS) is 20.7. The Morgan fingerprint density at radius 2 is 1.83 bits per heavy atom. The second kappa shape index (κ2) is 11.7. The van der Waals surface area contributed by atoms with Gasteiger partial charge in [-0.15, -0.1) is 11.3 Å². The van der Waals surface area contributed by atoms with E-state index >= 15 is 0 Å². The molecule has 2 aliphatic heterocycles. The average molecular weight is 717 g/mol. The standard InChI is InChI=1S/C30H31Br2N5O4S/c1-34-11-7-21-26(34)33-18-37(28(21)39)17-30(41)9-13-35(14-10-30)27(38)20-8-12-36(16-22(20)19-5-3-2-4-6-19)29(40)24-15-23(31)25(32)42-24/h2-7,11,15,18,20,22,41H,8-10,12-14,16-17H2,1H3/t20-,22+/m1/s1. The van der Waals surface area contributed by atoms with E-state index in [4.69, 9.17) is 0 Å². The molecule has 0 unspecified atom stereocenters. The molecule has 12 heteroatoms.